The molecule has 0 aromatic heterocycles. The molecule has 0 amide bonds. The van der Waals surface area contributed by atoms with E-state index in [1.54, 1.807) is 36.4 Å². The lowest BCUT2D eigenvalue weighted by Crippen LogP contribution is -2.56. The van der Waals surface area contributed by atoms with E-state index >= 15 is 0 Å². The van der Waals surface area contributed by atoms with E-state index in [-0.39, 0.29) is 24.4 Å². The topological polar surface area (TPSA) is 72.9 Å². The zero-order valence-corrected chi connectivity index (χ0v) is 18.1. The van der Waals surface area contributed by atoms with Gasteiger partial charge in [0.1, 0.15) is 12.0 Å². The van der Waals surface area contributed by atoms with Gasteiger partial charge in [-0.15, -0.1) is 0 Å². The fourth-order valence-corrected chi connectivity index (χ4v) is 4.85. The predicted molar refractivity (Wildman–Crippen MR) is 120 cm³/mol. The fourth-order valence-electron chi connectivity index (χ4n) is 4.85. The molecule has 2 aromatic rings. The first kappa shape index (κ1) is 22.0. The third-order valence-corrected chi connectivity index (χ3v) is 6.35. The number of benzene rings is 2. The predicted octanol–water partition coefficient (Wildman–Crippen LogP) is 3.52. The summed E-state index contributed by atoms with van der Waals surface area (Å²) in [4.78, 5) is 40.1. The first-order chi connectivity index (χ1) is 15.6. The Labute approximate surface area is 187 Å². The molecular weight excluding hydrogens is 406 g/mol. The standard InChI is InChI=1S/C26H27NO5/c1-31-26(30)24-22-15-13-20(16-23(24)32-25(29)19-10-6-3-7-11-19)27(22)17-21(28)14-12-18-8-4-2-5-9-18/h2-12,14,20,22-24H,13,15-17H2,1H3. The van der Waals surface area contributed by atoms with Gasteiger partial charge in [0.2, 0.25) is 0 Å². The highest BCUT2D eigenvalue weighted by molar-refractivity contribution is 5.95. The van der Waals surface area contributed by atoms with Crippen LogP contribution in [-0.4, -0.2) is 54.5 Å². The first-order valence-electron chi connectivity index (χ1n) is 10.9. The molecule has 0 N–H and O–H groups in total. The van der Waals surface area contributed by atoms with E-state index < -0.39 is 24.0 Å². The molecule has 0 radical (unpaired) electrons. The maximum absolute atomic E-state index is 12.7. The van der Waals surface area contributed by atoms with Gasteiger partial charge in [-0.2, -0.15) is 0 Å². The second-order valence-corrected chi connectivity index (χ2v) is 8.28. The largest absolute Gasteiger partial charge is 0.469 e. The Hall–Kier alpha value is -3.25. The third-order valence-electron chi connectivity index (χ3n) is 6.35. The van der Waals surface area contributed by atoms with E-state index in [1.807, 2.05) is 36.4 Å². The molecule has 2 saturated heterocycles. The van der Waals surface area contributed by atoms with Crippen LogP contribution in [0.2, 0.25) is 0 Å². The number of ether oxygens (including phenoxy) is 2. The molecule has 2 aliphatic heterocycles. The highest BCUT2D eigenvalue weighted by Gasteiger charge is 2.52. The minimum atomic E-state index is -0.614. The molecule has 6 heteroatoms. The van der Waals surface area contributed by atoms with Gasteiger partial charge in [0.15, 0.2) is 5.78 Å². The highest BCUT2D eigenvalue weighted by Crippen LogP contribution is 2.41. The number of esters is 2. The molecule has 6 nitrogen and oxygen atoms in total. The lowest BCUT2D eigenvalue weighted by molar-refractivity contribution is -0.157. The van der Waals surface area contributed by atoms with Crippen LogP contribution in [-0.2, 0) is 19.1 Å². The van der Waals surface area contributed by atoms with Crippen molar-refractivity contribution in [1.82, 2.24) is 4.90 Å². The number of nitrogens with zero attached hydrogens (tertiary/aromatic N) is 1. The number of methoxy groups -OCH3 is 1. The van der Waals surface area contributed by atoms with E-state index in [0.717, 1.165) is 18.4 Å². The van der Waals surface area contributed by atoms with Crippen molar-refractivity contribution < 1.29 is 23.9 Å². The first-order valence-corrected chi connectivity index (χ1v) is 10.9. The van der Waals surface area contributed by atoms with Crippen LogP contribution in [0.1, 0.15) is 35.2 Å². The van der Waals surface area contributed by atoms with Crippen molar-refractivity contribution in [3.05, 3.63) is 77.9 Å². The molecule has 2 aliphatic rings. The highest BCUT2D eigenvalue weighted by atomic mass is 16.6. The van der Waals surface area contributed by atoms with Crippen LogP contribution >= 0.6 is 0 Å². The molecule has 2 heterocycles. The van der Waals surface area contributed by atoms with Gasteiger partial charge in [0.05, 0.1) is 19.2 Å². The fraction of sp³-hybridized carbons (Fsp3) is 0.346. The average molecular weight is 434 g/mol. The Bertz CT molecular complexity index is 988. The molecule has 2 fully saturated rings. The van der Waals surface area contributed by atoms with Crippen molar-refractivity contribution in [3.63, 3.8) is 0 Å². The normalized spacial score (nSPS) is 24.9. The van der Waals surface area contributed by atoms with Crippen molar-refractivity contribution in [2.24, 2.45) is 5.92 Å². The van der Waals surface area contributed by atoms with Crippen molar-refractivity contribution in [3.8, 4) is 0 Å². The maximum atomic E-state index is 12.7. The summed E-state index contributed by atoms with van der Waals surface area (Å²) in [5, 5.41) is 0. The van der Waals surface area contributed by atoms with E-state index in [2.05, 4.69) is 4.90 Å². The molecule has 0 spiro atoms. The summed E-state index contributed by atoms with van der Waals surface area (Å²) in [5.41, 5.74) is 1.41. The number of hydrogen-bond donors (Lipinski definition) is 0. The summed E-state index contributed by atoms with van der Waals surface area (Å²) in [7, 11) is 1.34. The Morgan fingerprint density at radius 2 is 1.69 bits per heavy atom. The molecule has 2 bridgehead atoms. The number of rotatable bonds is 7. The zero-order chi connectivity index (χ0) is 22.5. The third kappa shape index (κ3) is 4.81. The summed E-state index contributed by atoms with van der Waals surface area (Å²) in [5.74, 6) is -1.48. The number of ketones is 1. The quantitative estimate of drug-likeness (QED) is 0.491. The molecular formula is C26H27NO5. The minimum Gasteiger partial charge on any atom is -0.469 e. The Morgan fingerprint density at radius 1 is 1.00 bits per heavy atom. The summed E-state index contributed by atoms with van der Waals surface area (Å²) in [6.45, 7) is 0.228. The maximum Gasteiger partial charge on any atom is 0.338 e. The van der Waals surface area contributed by atoms with Gasteiger partial charge >= 0.3 is 11.9 Å². The van der Waals surface area contributed by atoms with Crippen LogP contribution in [0.5, 0.6) is 0 Å². The molecule has 4 atom stereocenters. The molecule has 32 heavy (non-hydrogen) atoms. The number of carbonyl (C=O) groups excluding carboxylic acids is 3. The minimum absolute atomic E-state index is 0.0194. The van der Waals surface area contributed by atoms with Gasteiger partial charge in [0.25, 0.3) is 0 Å². The van der Waals surface area contributed by atoms with Crippen molar-refractivity contribution in [2.45, 2.75) is 37.5 Å². The summed E-state index contributed by atoms with van der Waals surface area (Å²) in [6.07, 6.45) is 4.94. The molecule has 4 unspecified atom stereocenters. The number of carbonyl (C=O) groups is 3. The molecule has 4 rings (SSSR count). The van der Waals surface area contributed by atoms with Gasteiger partial charge in [-0.05, 0) is 36.6 Å². The van der Waals surface area contributed by atoms with Crippen LogP contribution in [0.25, 0.3) is 6.08 Å². The summed E-state index contributed by atoms with van der Waals surface area (Å²) in [6, 6.07) is 18.3. The number of fused-ring (bicyclic) bond motifs is 2. The average Bonchev–Trinajstić information content (AvgIpc) is 3.09. The van der Waals surface area contributed by atoms with Gasteiger partial charge in [-0.1, -0.05) is 54.6 Å². The van der Waals surface area contributed by atoms with Crippen molar-refractivity contribution >= 4 is 23.8 Å². The second-order valence-electron chi connectivity index (χ2n) is 8.28. The monoisotopic (exact) mass is 433 g/mol. The van der Waals surface area contributed by atoms with E-state index in [0.29, 0.717) is 12.0 Å². The lowest BCUT2D eigenvalue weighted by atomic mass is 9.87. The van der Waals surface area contributed by atoms with Crippen molar-refractivity contribution in [2.75, 3.05) is 13.7 Å². The molecule has 2 aromatic carbocycles. The van der Waals surface area contributed by atoms with Crippen LogP contribution in [0.15, 0.2) is 66.7 Å². The van der Waals surface area contributed by atoms with Gasteiger partial charge in [-0.3, -0.25) is 14.5 Å². The molecule has 0 aliphatic carbocycles. The summed E-state index contributed by atoms with van der Waals surface area (Å²) < 4.78 is 10.8. The number of hydrogen-bond acceptors (Lipinski definition) is 6. The second kappa shape index (κ2) is 9.92. The Kier molecular flexibility index (Phi) is 6.81. The molecule has 0 saturated carbocycles. The van der Waals surface area contributed by atoms with Gasteiger partial charge in [-0.25, -0.2) is 4.79 Å². The zero-order valence-electron chi connectivity index (χ0n) is 18.1. The van der Waals surface area contributed by atoms with Crippen LogP contribution < -0.4 is 0 Å². The Balaban J connectivity index is 1.47. The number of piperidine rings is 1. The van der Waals surface area contributed by atoms with Gasteiger partial charge in [0, 0.05) is 18.5 Å². The lowest BCUT2D eigenvalue weighted by Gasteiger charge is -2.42. The van der Waals surface area contributed by atoms with Crippen molar-refractivity contribution in [1.29, 1.82) is 0 Å². The van der Waals surface area contributed by atoms with E-state index in [1.165, 1.54) is 7.11 Å². The Morgan fingerprint density at radius 3 is 2.38 bits per heavy atom. The summed E-state index contributed by atoms with van der Waals surface area (Å²) >= 11 is 0. The van der Waals surface area contributed by atoms with Gasteiger partial charge < -0.3 is 9.47 Å². The SMILES string of the molecule is COC(=O)C1C(OC(=O)c2ccccc2)CC2CCC1N2CC(=O)C=Cc1ccccc1. The molecule has 166 valence electrons. The van der Waals surface area contributed by atoms with E-state index in [4.69, 9.17) is 9.47 Å². The van der Waals surface area contributed by atoms with Crippen LogP contribution in [0.4, 0.5) is 0 Å². The van der Waals surface area contributed by atoms with Crippen LogP contribution in [0, 0.1) is 5.92 Å². The van der Waals surface area contributed by atoms with E-state index in [9.17, 15) is 14.4 Å². The van der Waals surface area contributed by atoms with Crippen LogP contribution in [0.3, 0.4) is 0 Å². The smallest absolute Gasteiger partial charge is 0.338 e.